The van der Waals surface area contributed by atoms with Crippen molar-refractivity contribution in [3.8, 4) is 0 Å². The number of rotatable bonds is 7. The summed E-state index contributed by atoms with van der Waals surface area (Å²) in [5.41, 5.74) is 0.727. The Morgan fingerprint density at radius 3 is 2.16 bits per heavy atom. The van der Waals surface area contributed by atoms with Crippen LogP contribution >= 0.6 is 45.2 Å². The number of aliphatic hydroxyl groups is 1. The lowest BCUT2D eigenvalue weighted by atomic mass is 9.81. The lowest BCUT2D eigenvalue weighted by molar-refractivity contribution is -0.183. The topological polar surface area (TPSA) is 135 Å². The Balaban J connectivity index is 1.24. The van der Waals surface area contributed by atoms with Gasteiger partial charge in [-0.2, -0.15) is 0 Å². The number of aliphatic hydroxyl groups excluding tert-OH is 1. The van der Waals surface area contributed by atoms with Crippen LogP contribution in [0.3, 0.4) is 0 Å². The number of carbonyl (C=O) groups excluding carboxylic acids is 4. The first-order valence-corrected chi connectivity index (χ1v) is 14.0. The quantitative estimate of drug-likeness (QED) is 0.256. The van der Waals surface area contributed by atoms with Gasteiger partial charge in [-0.05, 0) is 69.4 Å². The highest BCUT2D eigenvalue weighted by molar-refractivity contribution is 14.1. The summed E-state index contributed by atoms with van der Waals surface area (Å²) >= 11 is 4.03. The fourth-order valence-electron chi connectivity index (χ4n) is 5.02. The molecule has 2 aromatic carbocycles. The third kappa shape index (κ3) is 5.40. The number of carbonyl (C=O) groups is 4. The molecule has 12 heteroatoms. The van der Waals surface area contributed by atoms with Crippen LogP contribution in [-0.4, -0.2) is 72.7 Å². The van der Waals surface area contributed by atoms with Crippen molar-refractivity contribution in [3.63, 3.8) is 0 Å². The molecule has 200 valence electrons. The average Bonchev–Trinajstić information content (AvgIpc) is 3.43. The van der Waals surface area contributed by atoms with Gasteiger partial charge in [0.15, 0.2) is 12.2 Å². The SMILES string of the molecule is O=C1C[C@H]2[C@H](O[C@@H]3[C@@H]([C@@H](O)COC(=O)c4ccccc4I)OC(=O)[C@H]23)[C@@H](COC(=O)c2ccccc2I)O1. The second-order valence-corrected chi connectivity index (χ2v) is 11.4. The number of esters is 4. The van der Waals surface area contributed by atoms with Crippen molar-refractivity contribution in [2.24, 2.45) is 11.8 Å². The molecule has 3 heterocycles. The smallest absolute Gasteiger partial charge is 0.339 e. The molecule has 7 atom stereocenters. The number of cyclic esters (lactones) is 2. The van der Waals surface area contributed by atoms with Gasteiger partial charge in [-0.3, -0.25) is 9.59 Å². The van der Waals surface area contributed by atoms with Gasteiger partial charge in [-0.15, -0.1) is 0 Å². The molecule has 3 fully saturated rings. The van der Waals surface area contributed by atoms with Gasteiger partial charge in [0.05, 0.1) is 23.5 Å². The molecule has 0 spiro atoms. The van der Waals surface area contributed by atoms with Gasteiger partial charge < -0.3 is 28.8 Å². The molecule has 0 bridgehead atoms. The third-order valence-corrected chi connectivity index (χ3v) is 8.66. The Hall–Kier alpha value is -2.30. The van der Waals surface area contributed by atoms with Crippen LogP contribution in [0.15, 0.2) is 48.5 Å². The van der Waals surface area contributed by atoms with Crippen LogP contribution in [0.5, 0.6) is 0 Å². The molecular weight excluding hydrogens is 726 g/mol. The Labute approximate surface area is 244 Å². The van der Waals surface area contributed by atoms with E-state index in [0.29, 0.717) is 18.3 Å². The minimum atomic E-state index is -1.35. The van der Waals surface area contributed by atoms with Gasteiger partial charge in [-0.1, -0.05) is 24.3 Å². The van der Waals surface area contributed by atoms with E-state index in [4.69, 9.17) is 23.7 Å². The van der Waals surface area contributed by atoms with E-state index < -0.39 is 72.8 Å². The minimum Gasteiger partial charge on any atom is -0.459 e. The maximum absolute atomic E-state index is 12.8. The minimum absolute atomic E-state index is 0.0772. The zero-order valence-electron chi connectivity index (χ0n) is 19.7. The Bertz CT molecular complexity index is 1270. The molecule has 0 aliphatic carbocycles. The van der Waals surface area contributed by atoms with Crippen molar-refractivity contribution in [3.05, 3.63) is 66.8 Å². The first-order chi connectivity index (χ1) is 18.2. The van der Waals surface area contributed by atoms with Gasteiger partial charge in [0.1, 0.15) is 31.5 Å². The summed E-state index contributed by atoms with van der Waals surface area (Å²) in [6.45, 7) is -0.679. The van der Waals surface area contributed by atoms with E-state index >= 15 is 0 Å². The second kappa shape index (κ2) is 11.4. The highest BCUT2D eigenvalue weighted by atomic mass is 127. The van der Waals surface area contributed by atoms with E-state index in [1.54, 1.807) is 48.5 Å². The number of ether oxygens (including phenoxy) is 5. The van der Waals surface area contributed by atoms with E-state index in [1.165, 1.54) is 0 Å². The summed E-state index contributed by atoms with van der Waals surface area (Å²) in [5, 5.41) is 10.8. The zero-order chi connectivity index (χ0) is 27.0. The van der Waals surface area contributed by atoms with E-state index in [2.05, 4.69) is 0 Å². The lowest BCUT2D eigenvalue weighted by Crippen LogP contribution is -2.47. The van der Waals surface area contributed by atoms with Crippen molar-refractivity contribution in [2.45, 2.75) is 36.9 Å². The van der Waals surface area contributed by atoms with Crippen LogP contribution < -0.4 is 0 Å². The molecule has 0 saturated carbocycles. The predicted octanol–water partition coefficient (Wildman–Crippen LogP) is 2.51. The third-order valence-electron chi connectivity index (χ3n) is 6.78. The number of halogens is 2. The molecular formula is C26H22I2O10. The van der Waals surface area contributed by atoms with E-state index in [1.807, 2.05) is 45.2 Å². The van der Waals surface area contributed by atoms with Gasteiger partial charge in [-0.25, -0.2) is 9.59 Å². The second-order valence-electron chi connectivity index (χ2n) is 9.11. The van der Waals surface area contributed by atoms with Crippen molar-refractivity contribution < 1.29 is 48.0 Å². The fourth-order valence-corrected chi connectivity index (χ4v) is 6.23. The van der Waals surface area contributed by atoms with Gasteiger partial charge >= 0.3 is 23.9 Å². The largest absolute Gasteiger partial charge is 0.459 e. The van der Waals surface area contributed by atoms with E-state index in [0.717, 1.165) is 0 Å². The molecule has 1 N–H and O–H groups in total. The summed E-state index contributed by atoms with van der Waals surface area (Å²) < 4.78 is 29.0. The molecule has 0 unspecified atom stereocenters. The molecule has 2 aromatic rings. The van der Waals surface area contributed by atoms with Crippen LogP contribution in [0.4, 0.5) is 0 Å². The molecule has 3 saturated heterocycles. The van der Waals surface area contributed by atoms with Crippen LogP contribution in [0.25, 0.3) is 0 Å². The van der Waals surface area contributed by atoms with Crippen LogP contribution in [0.2, 0.25) is 0 Å². The van der Waals surface area contributed by atoms with Crippen molar-refractivity contribution in [2.75, 3.05) is 13.2 Å². The predicted molar refractivity (Wildman–Crippen MR) is 145 cm³/mol. The standard InChI is InChI=1S/C26H22I2O10/c27-15-7-3-1-5-12(15)24(31)34-10-17(29)22-23-20(26(33)38-22)14-9-19(30)36-18(21(14)37-23)11-35-25(32)13-6-2-4-8-16(13)28/h1-8,14,17-18,20-23,29H,9-11H2/t14-,17+,18-,20-,21+,22-,23+/m1/s1. The summed E-state index contributed by atoms with van der Waals surface area (Å²) in [6.07, 6.45) is -5.09. The maximum atomic E-state index is 12.8. The molecule has 0 amide bonds. The molecule has 38 heavy (non-hydrogen) atoms. The maximum Gasteiger partial charge on any atom is 0.339 e. The lowest BCUT2D eigenvalue weighted by Gasteiger charge is -2.33. The molecule has 0 radical (unpaired) electrons. The van der Waals surface area contributed by atoms with E-state index in [9.17, 15) is 24.3 Å². The van der Waals surface area contributed by atoms with E-state index in [-0.39, 0.29) is 13.0 Å². The number of hydrogen-bond acceptors (Lipinski definition) is 10. The Morgan fingerprint density at radius 2 is 1.53 bits per heavy atom. The Morgan fingerprint density at radius 1 is 0.921 bits per heavy atom. The monoisotopic (exact) mass is 748 g/mol. The van der Waals surface area contributed by atoms with Crippen LogP contribution in [-0.2, 0) is 33.3 Å². The molecule has 3 aliphatic heterocycles. The Kier molecular flexibility index (Phi) is 8.21. The van der Waals surface area contributed by atoms with Gasteiger partial charge in [0, 0.05) is 13.1 Å². The van der Waals surface area contributed by atoms with Gasteiger partial charge in [0.25, 0.3) is 0 Å². The van der Waals surface area contributed by atoms with Gasteiger partial charge in [0.2, 0.25) is 0 Å². The number of hydrogen-bond donors (Lipinski definition) is 1. The average molecular weight is 748 g/mol. The first kappa shape index (κ1) is 27.3. The molecule has 5 rings (SSSR count). The summed E-state index contributed by atoms with van der Waals surface area (Å²) in [5.74, 6) is -3.74. The number of benzene rings is 2. The summed E-state index contributed by atoms with van der Waals surface area (Å²) in [4.78, 5) is 50.1. The molecule has 3 aliphatic rings. The summed E-state index contributed by atoms with van der Waals surface area (Å²) in [7, 11) is 0. The molecule has 0 aromatic heterocycles. The van der Waals surface area contributed by atoms with Crippen LogP contribution in [0, 0.1) is 19.0 Å². The zero-order valence-corrected chi connectivity index (χ0v) is 24.0. The van der Waals surface area contributed by atoms with Crippen molar-refractivity contribution >= 4 is 69.1 Å². The molecule has 10 nitrogen and oxygen atoms in total. The highest BCUT2D eigenvalue weighted by Gasteiger charge is 2.63. The van der Waals surface area contributed by atoms with Crippen molar-refractivity contribution in [1.82, 2.24) is 0 Å². The summed E-state index contributed by atoms with van der Waals surface area (Å²) in [6, 6.07) is 13.7. The van der Waals surface area contributed by atoms with Crippen molar-refractivity contribution in [1.29, 1.82) is 0 Å². The fraction of sp³-hybridized carbons (Fsp3) is 0.385. The first-order valence-electron chi connectivity index (χ1n) is 11.8. The normalized spacial score (nSPS) is 28.5. The highest BCUT2D eigenvalue weighted by Crippen LogP contribution is 2.46. The number of fused-ring (bicyclic) bond motifs is 3. The van der Waals surface area contributed by atoms with Crippen LogP contribution in [0.1, 0.15) is 27.1 Å².